The lowest BCUT2D eigenvalue weighted by Gasteiger charge is -2.21. The van der Waals surface area contributed by atoms with Gasteiger partial charge < -0.3 is 0 Å². The van der Waals surface area contributed by atoms with Crippen molar-refractivity contribution < 1.29 is 4.39 Å². The molecule has 0 nitrogen and oxygen atoms in total. The Bertz CT molecular complexity index is 294. The van der Waals surface area contributed by atoms with Crippen molar-refractivity contribution in [2.45, 2.75) is 44.4 Å². The van der Waals surface area contributed by atoms with Gasteiger partial charge in [0.05, 0.1) is 0 Å². The van der Waals surface area contributed by atoms with Crippen LogP contribution in [0.4, 0.5) is 4.39 Å². The van der Waals surface area contributed by atoms with E-state index in [1.165, 1.54) is 37.0 Å². The van der Waals surface area contributed by atoms with E-state index < -0.39 is 0 Å². The largest absolute Gasteiger partial charge is 0.207 e. The first-order chi connectivity index (χ1) is 7.69. The summed E-state index contributed by atoms with van der Waals surface area (Å²) in [5.41, 5.74) is 1.18. The molecule has 1 rings (SSSR count). The number of alkyl halides is 1. The Morgan fingerprint density at radius 2 is 1.81 bits per heavy atom. The van der Waals surface area contributed by atoms with Crippen LogP contribution in [-0.4, -0.2) is 0 Å². The molecule has 0 aliphatic rings. The van der Waals surface area contributed by atoms with Crippen LogP contribution in [0, 0.1) is 11.7 Å². The van der Waals surface area contributed by atoms with E-state index >= 15 is 0 Å². The summed E-state index contributed by atoms with van der Waals surface area (Å²) < 4.78 is 12.8. The fourth-order valence-corrected chi connectivity index (χ4v) is 2.89. The first-order valence-corrected chi connectivity index (χ1v) is 7.00. The van der Waals surface area contributed by atoms with Crippen molar-refractivity contribution in [1.29, 1.82) is 0 Å². The Hall–Kier alpha value is -0.370. The number of benzene rings is 1. The Kier molecular flexibility index (Phi) is 6.04. The maximum atomic E-state index is 12.8. The van der Waals surface area contributed by atoms with Gasteiger partial charge in [-0.25, -0.2) is 4.39 Å². The maximum absolute atomic E-state index is 12.8. The summed E-state index contributed by atoms with van der Waals surface area (Å²) in [6.45, 7) is 4.44. The number of hydrogen-bond donors (Lipinski definition) is 0. The fourth-order valence-electron chi connectivity index (χ4n) is 1.94. The van der Waals surface area contributed by atoms with Crippen LogP contribution in [0.1, 0.15) is 49.9 Å². The zero-order valence-electron chi connectivity index (χ0n) is 10.0. The highest BCUT2D eigenvalue weighted by atomic mass is 79.9. The minimum Gasteiger partial charge on any atom is -0.207 e. The summed E-state index contributed by atoms with van der Waals surface area (Å²) in [6, 6.07) is 6.83. The molecule has 1 aromatic rings. The van der Waals surface area contributed by atoms with Crippen molar-refractivity contribution in [2.24, 2.45) is 5.92 Å². The van der Waals surface area contributed by atoms with Crippen molar-refractivity contribution >= 4 is 15.9 Å². The summed E-state index contributed by atoms with van der Waals surface area (Å²) in [6.07, 6.45) is 4.90. The lowest BCUT2D eigenvalue weighted by molar-refractivity contribution is 0.446. The van der Waals surface area contributed by atoms with E-state index in [-0.39, 0.29) is 5.82 Å². The third-order valence-electron chi connectivity index (χ3n) is 3.06. The monoisotopic (exact) mass is 286 g/mol. The van der Waals surface area contributed by atoms with Gasteiger partial charge in [0, 0.05) is 4.83 Å². The first-order valence-electron chi connectivity index (χ1n) is 6.08. The van der Waals surface area contributed by atoms with Gasteiger partial charge in [-0.2, -0.15) is 0 Å². The highest BCUT2D eigenvalue weighted by molar-refractivity contribution is 9.09. The SMILES string of the molecule is CCCCC(CC)C(Br)c1ccc(F)cc1. The summed E-state index contributed by atoms with van der Waals surface area (Å²) in [5.74, 6) is 0.482. The molecule has 16 heavy (non-hydrogen) atoms. The molecule has 2 heteroatoms. The Morgan fingerprint density at radius 1 is 1.19 bits per heavy atom. The quantitative estimate of drug-likeness (QED) is 0.608. The second kappa shape index (κ2) is 7.05. The van der Waals surface area contributed by atoms with Gasteiger partial charge in [0.2, 0.25) is 0 Å². The molecule has 0 saturated carbocycles. The molecular weight excluding hydrogens is 267 g/mol. The van der Waals surface area contributed by atoms with Gasteiger partial charge in [0.1, 0.15) is 5.82 Å². The molecule has 0 aliphatic heterocycles. The lowest BCUT2D eigenvalue weighted by Crippen LogP contribution is -2.06. The van der Waals surface area contributed by atoms with Crippen LogP contribution in [0.2, 0.25) is 0 Å². The smallest absolute Gasteiger partial charge is 0.123 e. The Morgan fingerprint density at radius 3 is 2.31 bits per heavy atom. The molecule has 2 atom stereocenters. The molecule has 0 bridgehead atoms. The summed E-state index contributed by atoms with van der Waals surface area (Å²) in [7, 11) is 0. The number of unbranched alkanes of at least 4 members (excludes halogenated alkanes) is 1. The molecule has 2 unspecified atom stereocenters. The van der Waals surface area contributed by atoms with Crippen LogP contribution in [0.3, 0.4) is 0 Å². The minimum absolute atomic E-state index is 0.162. The molecule has 0 spiro atoms. The van der Waals surface area contributed by atoms with E-state index in [1.54, 1.807) is 0 Å². The van der Waals surface area contributed by atoms with Gasteiger partial charge in [-0.3, -0.25) is 0 Å². The van der Waals surface area contributed by atoms with Crippen LogP contribution >= 0.6 is 15.9 Å². The fraction of sp³-hybridized carbons (Fsp3) is 0.571. The molecule has 0 heterocycles. The van der Waals surface area contributed by atoms with E-state index in [0.29, 0.717) is 10.7 Å². The van der Waals surface area contributed by atoms with Crippen LogP contribution < -0.4 is 0 Å². The van der Waals surface area contributed by atoms with Crippen LogP contribution in [-0.2, 0) is 0 Å². The normalized spacial score (nSPS) is 14.8. The molecule has 0 N–H and O–H groups in total. The molecule has 1 aromatic carbocycles. The molecule has 0 aliphatic carbocycles. The Balaban J connectivity index is 2.66. The van der Waals surface area contributed by atoms with Gasteiger partial charge in [-0.05, 0) is 30.0 Å². The third kappa shape index (κ3) is 3.89. The van der Waals surface area contributed by atoms with Crippen LogP contribution in [0.15, 0.2) is 24.3 Å². The van der Waals surface area contributed by atoms with Crippen molar-refractivity contribution in [3.8, 4) is 0 Å². The van der Waals surface area contributed by atoms with Crippen LogP contribution in [0.25, 0.3) is 0 Å². The molecular formula is C14H20BrF. The Labute approximate surface area is 106 Å². The molecule has 0 amide bonds. The van der Waals surface area contributed by atoms with Gasteiger partial charge >= 0.3 is 0 Å². The highest BCUT2D eigenvalue weighted by Gasteiger charge is 2.18. The van der Waals surface area contributed by atoms with Gasteiger partial charge in [0.25, 0.3) is 0 Å². The zero-order chi connectivity index (χ0) is 12.0. The molecule has 0 fully saturated rings. The topological polar surface area (TPSA) is 0 Å². The molecule has 90 valence electrons. The second-order valence-corrected chi connectivity index (χ2v) is 5.25. The minimum atomic E-state index is -0.162. The third-order valence-corrected chi connectivity index (χ3v) is 4.33. The molecule has 0 radical (unpaired) electrons. The van der Waals surface area contributed by atoms with E-state index in [9.17, 15) is 4.39 Å². The van der Waals surface area contributed by atoms with Gasteiger partial charge in [0.15, 0.2) is 0 Å². The summed E-state index contributed by atoms with van der Waals surface area (Å²) >= 11 is 3.74. The average Bonchev–Trinajstić information content (AvgIpc) is 2.30. The van der Waals surface area contributed by atoms with E-state index in [1.807, 2.05) is 12.1 Å². The van der Waals surface area contributed by atoms with Crippen molar-refractivity contribution in [2.75, 3.05) is 0 Å². The van der Waals surface area contributed by atoms with Crippen molar-refractivity contribution in [3.05, 3.63) is 35.6 Å². The van der Waals surface area contributed by atoms with Gasteiger partial charge in [-0.15, -0.1) is 0 Å². The second-order valence-electron chi connectivity index (χ2n) is 4.26. The first kappa shape index (κ1) is 13.7. The predicted octanol–water partition coefficient (Wildman–Crippen LogP) is 5.48. The van der Waals surface area contributed by atoms with Gasteiger partial charge in [-0.1, -0.05) is 61.2 Å². The summed E-state index contributed by atoms with van der Waals surface area (Å²) in [4.78, 5) is 0.352. The molecule has 0 saturated heterocycles. The standard InChI is InChI=1S/C14H20BrF/c1-3-5-6-11(4-2)14(15)12-7-9-13(16)10-8-12/h7-11,14H,3-6H2,1-2H3. The summed E-state index contributed by atoms with van der Waals surface area (Å²) in [5, 5.41) is 0. The zero-order valence-corrected chi connectivity index (χ0v) is 11.6. The lowest BCUT2D eigenvalue weighted by atomic mass is 9.92. The number of rotatable bonds is 6. The maximum Gasteiger partial charge on any atom is 0.123 e. The van der Waals surface area contributed by atoms with Crippen molar-refractivity contribution in [3.63, 3.8) is 0 Å². The van der Waals surface area contributed by atoms with E-state index in [2.05, 4.69) is 29.8 Å². The van der Waals surface area contributed by atoms with E-state index in [4.69, 9.17) is 0 Å². The van der Waals surface area contributed by atoms with E-state index in [0.717, 1.165) is 6.42 Å². The number of hydrogen-bond acceptors (Lipinski definition) is 0. The highest BCUT2D eigenvalue weighted by Crippen LogP contribution is 2.36. The van der Waals surface area contributed by atoms with Crippen molar-refractivity contribution in [1.82, 2.24) is 0 Å². The predicted molar refractivity (Wildman–Crippen MR) is 71.4 cm³/mol. The average molecular weight is 287 g/mol. The van der Waals surface area contributed by atoms with Crippen LogP contribution in [0.5, 0.6) is 0 Å². The molecule has 0 aromatic heterocycles. The number of halogens is 2.